The van der Waals surface area contributed by atoms with Gasteiger partial charge in [0, 0.05) is 13.0 Å². The van der Waals surface area contributed by atoms with Gasteiger partial charge in [0.2, 0.25) is 5.91 Å². The minimum Gasteiger partial charge on any atom is -0.492 e. The average molecular weight is 377 g/mol. The number of hydrogen-bond acceptors (Lipinski definition) is 5. The predicted octanol–water partition coefficient (Wildman–Crippen LogP) is 3.97. The zero-order valence-corrected chi connectivity index (χ0v) is 15.4. The van der Waals surface area contributed by atoms with E-state index in [1.54, 1.807) is 30.3 Å². The third kappa shape index (κ3) is 5.39. The molecule has 2 aromatic rings. The maximum absolute atomic E-state index is 12.2. The quantitative estimate of drug-likeness (QED) is 0.682. The van der Waals surface area contributed by atoms with Crippen LogP contribution in [-0.4, -0.2) is 32.1 Å². The number of carbonyl (C=O) groups excluding carboxylic acids is 2. The Hall–Kier alpha value is -2.73. The van der Waals surface area contributed by atoms with Crippen molar-refractivity contribution in [2.75, 3.05) is 30.9 Å². The second-order valence-corrected chi connectivity index (χ2v) is 5.75. The molecule has 2 aromatic carbocycles. The van der Waals surface area contributed by atoms with Crippen molar-refractivity contribution in [1.29, 1.82) is 0 Å². The maximum Gasteiger partial charge on any atom is 0.337 e. The number of para-hydroxylation sites is 2. The summed E-state index contributed by atoms with van der Waals surface area (Å²) in [6.07, 6.45) is 0.221. The fourth-order valence-electron chi connectivity index (χ4n) is 2.28. The van der Waals surface area contributed by atoms with Crippen molar-refractivity contribution in [2.45, 2.75) is 13.3 Å². The van der Waals surface area contributed by atoms with E-state index >= 15 is 0 Å². The third-order valence-corrected chi connectivity index (χ3v) is 3.85. The highest BCUT2D eigenvalue weighted by atomic mass is 35.5. The molecule has 0 aliphatic heterocycles. The SMILES string of the molecule is CCOc1ccccc1NC(=O)CCNc1cc(C(=O)OC)ccc1Cl. The number of rotatable bonds is 8. The van der Waals surface area contributed by atoms with E-state index in [9.17, 15) is 9.59 Å². The molecular weight excluding hydrogens is 356 g/mol. The minimum absolute atomic E-state index is 0.162. The summed E-state index contributed by atoms with van der Waals surface area (Å²) in [5.41, 5.74) is 1.58. The molecule has 0 unspecified atom stereocenters. The first-order valence-electron chi connectivity index (χ1n) is 8.18. The molecule has 26 heavy (non-hydrogen) atoms. The fourth-order valence-corrected chi connectivity index (χ4v) is 2.46. The summed E-state index contributed by atoms with van der Waals surface area (Å²) < 4.78 is 10.2. The lowest BCUT2D eigenvalue weighted by atomic mass is 10.2. The van der Waals surface area contributed by atoms with Crippen molar-refractivity contribution in [3.05, 3.63) is 53.1 Å². The van der Waals surface area contributed by atoms with Crippen molar-refractivity contribution in [3.63, 3.8) is 0 Å². The van der Waals surface area contributed by atoms with Gasteiger partial charge in [0.1, 0.15) is 5.75 Å². The summed E-state index contributed by atoms with van der Waals surface area (Å²) >= 11 is 6.11. The zero-order chi connectivity index (χ0) is 18.9. The highest BCUT2D eigenvalue weighted by Crippen LogP contribution is 2.25. The molecule has 2 N–H and O–H groups in total. The molecule has 138 valence electrons. The molecule has 0 aromatic heterocycles. The Labute approximate surface area is 157 Å². The third-order valence-electron chi connectivity index (χ3n) is 3.52. The monoisotopic (exact) mass is 376 g/mol. The van der Waals surface area contributed by atoms with E-state index in [0.717, 1.165) is 0 Å². The Bertz CT molecular complexity index is 780. The first-order valence-corrected chi connectivity index (χ1v) is 8.56. The minimum atomic E-state index is -0.449. The van der Waals surface area contributed by atoms with Crippen LogP contribution in [0.1, 0.15) is 23.7 Å². The molecule has 0 atom stereocenters. The largest absolute Gasteiger partial charge is 0.492 e. The molecule has 7 heteroatoms. The van der Waals surface area contributed by atoms with Crippen molar-refractivity contribution >= 4 is 34.9 Å². The molecule has 0 fully saturated rings. The number of anilines is 2. The van der Waals surface area contributed by atoms with Gasteiger partial charge in [-0.1, -0.05) is 23.7 Å². The number of nitrogens with one attached hydrogen (secondary N) is 2. The van der Waals surface area contributed by atoms with Crippen LogP contribution in [0.15, 0.2) is 42.5 Å². The smallest absolute Gasteiger partial charge is 0.337 e. The number of methoxy groups -OCH3 is 1. The Balaban J connectivity index is 1.92. The predicted molar refractivity (Wildman–Crippen MR) is 102 cm³/mol. The number of carbonyl (C=O) groups is 2. The molecule has 0 bridgehead atoms. The van der Waals surface area contributed by atoms with Crippen LogP contribution in [0.4, 0.5) is 11.4 Å². The van der Waals surface area contributed by atoms with Crippen LogP contribution in [0.2, 0.25) is 5.02 Å². The number of ether oxygens (including phenoxy) is 2. The van der Waals surface area contributed by atoms with E-state index in [0.29, 0.717) is 40.9 Å². The lowest BCUT2D eigenvalue weighted by Crippen LogP contribution is -2.17. The van der Waals surface area contributed by atoms with Crippen LogP contribution in [0.3, 0.4) is 0 Å². The van der Waals surface area contributed by atoms with Gasteiger partial charge in [-0.05, 0) is 37.3 Å². The van der Waals surface area contributed by atoms with Gasteiger partial charge in [-0.3, -0.25) is 4.79 Å². The van der Waals surface area contributed by atoms with E-state index in [1.165, 1.54) is 7.11 Å². The standard InChI is InChI=1S/C19H21ClN2O4/c1-3-26-17-7-5-4-6-15(17)22-18(23)10-11-21-16-12-13(19(24)25-2)8-9-14(16)20/h4-9,12,21H,3,10-11H2,1-2H3,(H,22,23). The van der Waals surface area contributed by atoms with Crippen LogP contribution < -0.4 is 15.4 Å². The first kappa shape index (κ1) is 19.6. The average Bonchev–Trinajstić information content (AvgIpc) is 2.64. The van der Waals surface area contributed by atoms with Crippen LogP contribution >= 0.6 is 11.6 Å². The molecular formula is C19H21ClN2O4. The van der Waals surface area contributed by atoms with Gasteiger partial charge in [0.05, 0.1) is 35.7 Å². The molecule has 0 aliphatic rings. The van der Waals surface area contributed by atoms with Crippen molar-refractivity contribution < 1.29 is 19.1 Å². The van der Waals surface area contributed by atoms with Gasteiger partial charge in [-0.15, -0.1) is 0 Å². The summed E-state index contributed by atoms with van der Waals surface area (Å²) in [6, 6.07) is 12.0. The lowest BCUT2D eigenvalue weighted by molar-refractivity contribution is -0.116. The van der Waals surface area contributed by atoms with Crippen molar-refractivity contribution in [1.82, 2.24) is 0 Å². The van der Waals surface area contributed by atoms with Crippen LogP contribution in [0.25, 0.3) is 0 Å². The highest BCUT2D eigenvalue weighted by molar-refractivity contribution is 6.33. The van der Waals surface area contributed by atoms with Crippen molar-refractivity contribution in [3.8, 4) is 5.75 Å². The Morgan fingerprint density at radius 2 is 1.88 bits per heavy atom. The normalized spacial score (nSPS) is 10.1. The Morgan fingerprint density at radius 3 is 2.62 bits per heavy atom. The number of halogens is 1. The summed E-state index contributed by atoms with van der Waals surface area (Å²) in [5.74, 6) is 0.0185. The second-order valence-electron chi connectivity index (χ2n) is 5.34. The van der Waals surface area contributed by atoms with Gasteiger partial charge in [0.15, 0.2) is 0 Å². The van der Waals surface area contributed by atoms with Gasteiger partial charge < -0.3 is 20.1 Å². The summed E-state index contributed by atoms with van der Waals surface area (Å²) in [5, 5.41) is 6.34. The lowest BCUT2D eigenvalue weighted by Gasteiger charge is -2.12. The maximum atomic E-state index is 12.2. The van der Waals surface area contributed by atoms with E-state index in [1.807, 2.05) is 19.1 Å². The molecule has 0 saturated heterocycles. The van der Waals surface area contributed by atoms with E-state index in [-0.39, 0.29) is 12.3 Å². The van der Waals surface area contributed by atoms with Crippen molar-refractivity contribution in [2.24, 2.45) is 0 Å². The fraction of sp³-hybridized carbons (Fsp3) is 0.263. The molecule has 0 aliphatic carbocycles. The van der Waals surface area contributed by atoms with Gasteiger partial charge >= 0.3 is 5.97 Å². The molecule has 0 radical (unpaired) electrons. The molecule has 0 spiro atoms. The summed E-state index contributed by atoms with van der Waals surface area (Å²) in [4.78, 5) is 23.7. The van der Waals surface area contributed by atoms with E-state index in [2.05, 4.69) is 15.4 Å². The van der Waals surface area contributed by atoms with Gasteiger partial charge in [-0.2, -0.15) is 0 Å². The van der Waals surface area contributed by atoms with Gasteiger partial charge in [0.25, 0.3) is 0 Å². The summed E-state index contributed by atoms with van der Waals surface area (Å²) in [7, 11) is 1.31. The molecule has 0 heterocycles. The molecule has 0 saturated carbocycles. The van der Waals surface area contributed by atoms with Crippen LogP contribution in [0.5, 0.6) is 5.75 Å². The summed E-state index contributed by atoms with van der Waals surface area (Å²) in [6.45, 7) is 2.76. The zero-order valence-electron chi connectivity index (χ0n) is 14.7. The second kappa shape index (κ2) is 9.68. The van der Waals surface area contributed by atoms with Crippen LogP contribution in [-0.2, 0) is 9.53 Å². The topological polar surface area (TPSA) is 76.7 Å². The number of amides is 1. The molecule has 2 rings (SSSR count). The van der Waals surface area contributed by atoms with E-state index < -0.39 is 5.97 Å². The Kier molecular flexibility index (Phi) is 7.29. The number of esters is 1. The van der Waals surface area contributed by atoms with Gasteiger partial charge in [-0.25, -0.2) is 4.79 Å². The number of benzene rings is 2. The van der Waals surface area contributed by atoms with Crippen LogP contribution in [0, 0.1) is 0 Å². The highest BCUT2D eigenvalue weighted by Gasteiger charge is 2.10. The Morgan fingerprint density at radius 1 is 1.12 bits per heavy atom. The molecule has 1 amide bonds. The molecule has 6 nitrogen and oxygen atoms in total. The van der Waals surface area contributed by atoms with E-state index in [4.69, 9.17) is 16.3 Å². The number of hydrogen-bond donors (Lipinski definition) is 2. The first-order chi connectivity index (χ1) is 12.5.